The zero-order valence-electron chi connectivity index (χ0n) is 10.9. The number of hydrogen-bond acceptors (Lipinski definition) is 5. The van der Waals surface area contributed by atoms with Gasteiger partial charge in [-0.2, -0.15) is 5.10 Å². The molecule has 2 heterocycles. The predicted octanol–water partition coefficient (Wildman–Crippen LogP) is 4.30. The number of nitrogens with one attached hydrogen (secondary N) is 1. The third kappa shape index (κ3) is 3.65. The molecule has 0 aliphatic heterocycles. The van der Waals surface area contributed by atoms with Gasteiger partial charge >= 0.3 is 0 Å². The van der Waals surface area contributed by atoms with Gasteiger partial charge in [-0.05, 0) is 24.3 Å². The molecule has 0 unspecified atom stereocenters. The van der Waals surface area contributed by atoms with E-state index in [0.29, 0.717) is 5.02 Å². The normalized spacial score (nSPS) is 10.9. The summed E-state index contributed by atoms with van der Waals surface area (Å²) < 4.78 is 0. The number of hydrazone groups is 1. The van der Waals surface area contributed by atoms with Gasteiger partial charge in [0.2, 0.25) is 5.13 Å². The third-order valence-corrected chi connectivity index (χ3v) is 3.69. The van der Waals surface area contributed by atoms with Gasteiger partial charge in [0, 0.05) is 22.2 Å². The van der Waals surface area contributed by atoms with Gasteiger partial charge in [-0.25, -0.2) is 4.98 Å². The van der Waals surface area contributed by atoms with Crippen molar-refractivity contribution in [3.8, 4) is 11.3 Å². The Morgan fingerprint density at radius 3 is 2.76 bits per heavy atom. The molecular formula is C15H11ClN4S. The highest BCUT2D eigenvalue weighted by Gasteiger charge is 2.03. The van der Waals surface area contributed by atoms with Gasteiger partial charge in [0.25, 0.3) is 0 Å². The lowest BCUT2D eigenvalue weighted by Crippen LogP contribution is -1.91. The second kappa shape index (κ2) is 6.47. The number of rotatable bonds is 4. The largest absolute Gasteiger partial charge is 0.255 e. The van der Waals surface area contributed by atoms with Crippen molar-refractivity contribution >= 4 is 34.3 Å². The summed E-state index contributed by atoms with van der Waals surface area (Å²) in [6.07, 6.45) is 3.38. The molecule has 3 aromatic rings. The summed E-state index contributed by atoms with van der Waals surface area (Å²) in [4.78, 5) is 8.62. The van der Waals surface area contributed by atoms with Gasteiger partial charge in [-0.1, -0.05) is 29.8 Å². The first-order chi connectivity index (χ1) is 10.3. The number of nitrogens with zero attached hydrogens (tertiary/aromatic N) is 3. The van der Waals surface area contributed by atoms with Crippen LogP contribution in [-0.2, 0) is 0 Å². The number of aromatic nitrogens is 2. The van der Waals surface area contributed by atoms with Crippen molar-refractivity contribution < 1.29 is 0 Å². The van der Waals surface area contributed by atoms with Crippen LogP contribution in [0.5, 0.6) is 0 Å². The molecule has 104 valence electrons. The summed E-state index contributed by atoms with van der Waals surface area (Å²) in [7, 11) is 0. The van der Waals surface area contributed by atoms with Gasteiger partial charge in [0.15, 0.2) is 0 Å². The molecule has 0 spiro atoms. The molecule has 0 bridgehead atoms. The quantitative estimate of drug-likeness (QED) is 0.577. The van der Waals surface area contributed by atoms with Gasteiger partial charge in [0.1, 0.15) is 0 Å². The minimum atomic E-state index is 0.715. The van der Waals surface area contributed by atoms with E-state index in [2.05, 4.69) is 20.5 Å². The van der Waals surface area contributed by atoms with Crippen LogP contribution in [0.1, 0.15) is 5.69 Å². The van der Waals surface area contributed by atoms with E-state index < -0.39 is 0 Å². The maximum absolute atomic E-state index is 5.88. The Balaban J connectivity index is 1.68. The van der Waals surface area contributed by atoms with Crippen LogP contribution >= 0.6 is 22.9 Å². The predicted molar refractivity (Wildman–Crippen MR) is 88.0 cm³/mol. The Hall–Kier alpha value is -2.24. The fourth-order valence-electron chi connectivity index (χ4n) is 1.68. The van der Waals surface area contributed by atoms with Crippen molar-refractivity contribution in [1.82, 2.24) is 9.97 Å². The second-order valence-electron chi connectivity index (χ2n) is 4.17. The Bertz CT molecular complexity index is 738. The average Bonchev–Trinajstić information content (AvgIpc) is 2.98. The van der Waals surface area contributed by atoms with Crippen LogP contribution in [0.25, 0.3) is 11.3 Å². The van der Waals surface area contributed by atoms with Gasteiger partial charge < -0.3 is 0 Å². The van der Waals surface area contributed by atoms with Crippen LogP contribution in [0.15, 0.2) is 59.1 Å². The third-order valence-electron chi connectivity index (χ3n) is 2.69. The van der Waals surface area contributed by atoms with Crippen molar-refractivity contribution in [3.05, 3.63) is 64.8 Å². The van der Waals surface area contributed by atoms with E-state index in [-0.39, 0.29) is 0 Å². The summed E-state index contributed by atoms with van der Waals surface area (Å²) in [5.74, 6) is 0. The first-order valence-electron chi connectivity index (χ1n) is 6.23. The van der Waals surface area contributed by atoms with Crippen LogP contribution in [-0.4, -0.2) is 16.2 Å². The Kier molecular flexibility index (Phi) is 4.23. The maximum Gasteiger partial charge on any atom is 0.203 e. The van der Waals surface area contributed by atoms with Crippen molar-refractivity contribution in [1.29, 1.82) is 0 Å². The van der Waals surface area contributed by atoms with Crippen molar-refractivity contribution in [2.45, 2.75) is 0 Å². The molecule has 4 nitrogen and oxygen atoms in total. The SMILES string of the molecule is Clc1ccc(-c2csc(N/N=C\c3ccccn3)n2)cc1. The molecule has 0 amide bonds. The van der Waals surface area contributed by atoms with Crippen molar-refractivity contribution in [3.63, 3.8) is 0 Å². The zero-order valence-corrected chi connectivity index (χ0v) is 12.5. The highest BCUT2D eigenvalue weighted by atomic mass is 35.5. The Labute approximate surface area is 131 Å². The fourth-order valence-corrected chi connectivity index (χ4v) is 2.48. The standard InChI is InChI=1S/C15H11ClN4S/c16-12-6-4-11(5-7-12)14-10-21-15(19-14)20-18-9-13-3-1-2-8-17-13/h1-10H,(H,19,20)/b18-9-. The van der Waals surface area contributed by atoms with E-state index in [1.165, 1.54) is 11.3 Å². The molecule has 0 saturated carbocycles. The van der Waals surface area contributed by atoms with E-state index in [9.17, 15) is 0 Å². The first kappa shape index (κ1) is 13.7. The number of pyridine rings is 1. The molecule has 0 radical (unpaired) electrons. The highest BCUT2D eigenvalue weighted by Crippen LogP contribution is 2.25. The van der Waals surface area contributed by atoms with Gasteiger partial charge in [0.05, 0.1) is 17.6 Å². The summed E-state index contributed by atoms with van der Waals surface area (Å²) in [5.41, 5.74) is 5.62. The molecule has 0 aliphatic rings. The van der Waals surface area contributed by atoms with Crippen LogP contribution in [0.3, 0.4) is 0 Å². The van der Waals surface area contributed by atoms with Crippen LogP contribution in [0, 0.1) is 0 Å². The van der Waals surface area contributed by atoms with Crippen LogP contribution in [0.4, 0.5) is 5.13 Å². The van der Waals surface area contributed by atoms with E-state index in [4.69, 9.17) is 11.6 Å². The lowest BCUT2D eigenvalue weighted by molar-refractivity contribution is 1.26. The first-order valence-corrected chi connectivity index (χ1v) is 7.48. The Morgan fingerprint density at radius 2 is 2.00 bits per heavy atom. The summed E-state index contributed by atoms with van der Waals surface area (Å²) in [5, 5.41) is 7.54. The molecule has 3 rings (SSSR count). The minimum Gasteiger partial charge on any atom is -0.255 e. The van der Waals surface area contributed by atoms with E-state index in [1.54, 1.807) is 12.4 Å². The lowest BCUT2D eigenvalue weighted by atomic mass is 10.2. The molecular weight excluding hydrogens is 304 g/mol. The van der Waals surface area contributed by atoms with Gasteiger partial charge in [-0.3, -0.25) is 10.4 Å². The molecule has 1 N–H and O–H groups in total. The molecule has 6 heteroatoms. The number of halogens is 1. The molecule has 0 atom stereocenters. The second-order valence-corrected chi connectivity index (χ2v) is 5.46. The highest BCUT2D eigenvalue weighted by molar-refractivity contribution is 7.14. The van der Waals surface area contributed by atoms with Crippen LogP contribution in [0.2, 0.25) is 5.02 Å². The fraction of sp³-hybridized carbons (Fsp3) is 0. The van der Waals surface area contributed by atoms with E-state index >= 15 is 0 Å². The molecule has 1 aromatic carbocycles. The van der Waals surface area contributed by atoms with Gasteiger partial charge in [-0.15, -0.1) is 11.3 Å². The Morgan fingerprint density at radius 1 is 1.14 bits per heavy atom. The number of thiazole rings is 1. The topological polar surface area (TPSA) is 50.2 Å². The molecule has 21 heavy (non-hydrogen) atoms. The van der Waals surface area contributed by atoms with E-state index in [1.807, 2.05) is 47.8 Å². The van der Waals surface area contributed by atoms with Crippen molar-refractivity contribution in [2.24, 2.45) is 5.10 Å². The molecule has 0 aliphatic carbocycles. The van der Waals surface area contributed by atoms with Crippen molar-refractivity contribution in [2.75, 3.05) is 5.43 Å². The number of anilines is 1. The maximum atomic E-state index is 5.88. The minimum absolute atomic E-state index is 0.715. The molecule has 0 saturated heterocycles. The monoisotopic (exact) mass is 314 g/mol. The number of hydrogen-bond donors (Lipinski definition) is 1. The van der Waals surface area contributed by atoms with Crippen LogP contribution < -0.4 is 5.43 Å². The summed E-state index contributed by atoms with van der Waals surface area (Å²) in [6, 6.07) is 13.2. The number of benzene rings is 1. The van der Waals surface area contributed by atoms with E-state index in [0.717, 1.165) is 22.1 Å². The smallest absolute Gasteiger partial charge is 0.203 e. The summed E-state index contributed by atoms with van der Waals surface area (Å²) in [6.45, 7) is 0. The lowest BCUT2D eigenvalue weighted by Gasteiger charge is -1.96. The molecule has 2 aromatic heterocycles. The zero-order chi connectivity index (χ0) is 14.5. The molecule has 0 fully saturated rings. The average molecular weight is 315 g/mol. The summed E-state index contributed by atoms with van der Waals surface area (Å²) >= 11 is 7.37.